The van der Waals surface area contributed by atoms with Crippen LogP contribution in [0.4, 0.5) is 5.69 Å². The van der Waals surface area contributed by atoms with Gasteiger partial charge in [0, 0.05) is 24.8 Å². The van der Waals surface area contributed by atoms with E-state index in [-0.39, 0.29) is 12.7 Å². The maximum atomic E-state index is 10.9. The summed E-state index contributed by atoms with van der Waals surface area (Å²) >= 11 is 0. The molecule has 1 saturated heterocycles. The lowest BCUT2D eigenvalue weighted by molar-refractivity contribution is -0.140. The zero-order chi connectivity index (χ0) is 11.8. The molecule has 90 valence electrons. The van der Waals surface area contributed by atoms with Crippen molar-refractivity contribution in [2.45, 2.75) is 6.42 Å². The number of anilines is 1. The summed E-state index contributed by atoms with van der Waals surface area (Å²) in [4.78, 5) is 13.0. The van der Waals surface area contributed by atoms with Crippen LogP contribution in [-0.4, -0.2) is 31.0 Å². The van der Waals surface area contributed by atoms with Gasteiger partial charge in [0.1, 0.15) is 0 Å². The third kappa shape index (κ3) is 1.77. The first-order valence-corrected chi connectivity index (χ1v) is 5.61. The van der Waals surface area contributed by atoms with E-state index < -0.39 is 5.97 Å². The van der Waals surface area contributed by atoms with Crippen molar-refractivity contribution in [3.63, 3.8) is 0 Å². The molecule has 0 spiro atoms. The molecule has 0 amide bonds. The number of carbonyl (C=O) groups is 1. The van der Waals surface area contributed by atoms with Gasteiger partial charge in [-0.15, -0.1) is 0 Å². The Labute approximate surface area is 98.6 Å². The van der Waals surface area contributed by atoms with Crippen molar-refractivity contribution in [3.8, 4) is 11.5 Å². The van der Waals surface area contributed by atoms with Crippen LogP contribution in [0.25, 0.3) is 0 Å². The van der Waals surface area contributed by atoms with Gasteiger partial charge in [-0.1, -0.05) is 0 Å². The largest absolute Gasteiger partial charge is 0.481 e. The molecular weight excluding hydrogens is 222 g/mol. The number of benzene rings is 1. The number of hydrogen-bond acceptors (Lipinski definition) is 4. The molecule has 1 aromatic carbocycles. The zero-order valence-corrected chi connectivity index (χ0v) is 9.26. The van der Waals surface area contributed by atoms with Crippen molar-refractivity contribution >= 4 is 11.7 Å². The molecule has 0 aliphatic carbocycles. The summed E-state index contributed by atoms with van der Waals surface area (Å²) in [5.74, 6) is 0.512. The van der Waals surface area contributed by atoms with Crippen LogP contribution in [0.2, 0.25) is 0 Å². The maximum absolute atomic E-state index is 10.9. The maximum Gasteiger partial charge on any atom is 0.308 e. The summed E-state index contributed by atoms with van der Waals surface area (Å²) in [6.45, 7) is 1.60. The highest BCUT2D eigenvalue weighted by Gasteiger charge is 2.28. The van der Waals surface area contributed by atoms with Crippen molar-refractivity contribution in [2.24, 2.45) is 5.92 Å². The van der Waals surface area contributed by atoms with Crippen molar-refractivity contribution < 1.29 is 19.4 Å². The lowest BCUT2D eigenvalue weighted by Crippen LogP contribution is -2.22. The second kappa shape index (κ2) is 3.84. The van der Waals surface area contributed by atoms with Crippen LogP contribution in [0.3, 0.4) is 0 Å². The van der Waals surface area contributed by atoms with Crippen LogP contribution in [0, 0.1) is 5.92 Å². The van der Waals surface area contributed by atoms with Gasteiger partial charge in [-0.3, -0.25) is 4.79 Å². The van der Waals surface area contributed by atoms with Crippen molar-refractivity contribution in [3.05, 3.63) is 18.2 Å². The molecule has 2 heterocycles. The summed E-state index contributed by atoms with van der Waals surface area (Å²) in [5, 5.41) is 8.96. The van der Waals surface area contributed by atoms with Crippen LogP contribution >= 0.6 is 0 Å². The molecule has 1 fully saturated rings. The molecule has 3 rings (SSSR count). The number of nitrogens with zero attached hydrogens (tertiary/aromatic N) is 1. The summed E-state index contributed by atoms with van der Waals surface area (Å²) in [7, 11) is 0. The Morgan fingerprint density at radius 2 is 2.18 bits per heavy atom. The Kier molecular flexibility index (Phi) is 2.31. The third-order valence-electron chi connectivity index (χ3n) is 3.26. The average Bonchev–Trinajstić information content (AvgIpc) is 2.97. The SMILES string of the molecule is O=C(O)C1CCN(c2ccc3c(c2)OCO3)C1. The minimum atomic E-state index is -0.715. The Bertz CT molecular complexity index is 460. The number of aliphatic carboxylic acids is 1. The van der Waals surface area contributed by atoms with E-state index in [4.69, 9.17) is 14.6 Å². The van der Waals surface area contributed by atoms with E-state index in [0.717, 1.165) is 23.7 Å². The van der Waals surface area contributed by atoms with Gasteiger partial charge in [-0.2, -0.15) is 0 Å². The molecule has 1 unspecified atom stereocenters. The lowest BCUT2D eigenvalue weighted by Gasteiger charge is -2.18. The second-order valence-electron chi connectivity index (χ2n) is 4.31. The topological polar surface area (TPSA) is 59.0 Å². The molecule has 0 aromatic heterocycles. The quantitative estimate of drug-likeness (QED) is 0.837. The van der Waals surface area contributed by atoms with Gasteiger partial charge in [0.15, 0.2) is 11.5 Å². The number of hydrogen-bond donors (Lipinski definition) is 1. The highest BCUT2D eigenvalue weighted by Crippen LogP contribution is 2.36. The first kappa shape index (κ1) is 10.3. The highest BCUT2D eigenvalue weighted by molar-refractivity contribution is 5.72. The van der Waals surface area contributed by atoms with E-state index in [1.165, 1.54) is 0 Å². The molecule has 1 atom stereocenters. The molecule has 1 aromatic rings. The summed E-state index contributed by atoms with van der Waals surface area (Å²) in [5.41, 5.74) is 0.998. The van der Waals surface area contributed by atoms with Crippen LogP contribution in [-0.2, 0) is 4.79 Å². The van der Waals surface area contributed by atoms with Gasteiger partial charge in [0.2, 0.25) is 6.79 Å². The summed E-state index contributed by atoms with van der Waals surface area (Å²) < 4.78 is 10.5. The number of ether oxygens (including phenoxy) is 2. The molecular formula is C12H13NO4. The standard InChI is InChI=1S/C12H13NO4/c14-12(15)8-3-4-13(6-8)9-1-2-10-11(5-9)17-7-16-10/h1-2,5,8H,3-4,6-7H2,(H,14,15). The Balaban J connectivity index is 1.79. The second-order valence-corrected chi connectivity index (χ2v) is 4.31. The Morgan fingerprint density at radius 1 is 1.35 bits per heavy atom. The van der Waals surface area contributed by atoms with Crippen molar-refractivity contribution in [1.29, 1.82) is 0 Å². The van der Waals surface area contributed by atoms with Crippen molar-refractivity contribution in [1.82, 2.24) is 0 Å². The Hall–Kier alpha value is -1.91. The summed E-state index contributed by atoms with van der Waals surface area (Å²) in [6.07, 6.45) is 0.698. The molecule has 0 radical (unpaired) electrons. The highest BCUT2D eigenvalue weighted by atomic mass is 16.7. The van der Waals surface area contributed by atoms with Crippen LogP contribution < -0.4 is 14.4 Å². The Morgan fingerprint density at radius 3 is 2.94 bits per heavy atom. The summed E-state index contributed by atoms with van der Waals surface area (Å²) in [6, 6.07) is 5.72. The van der Waals surface area contributed by atoms with Crippen LogP contribution in [0.15, 0.2) is 18.2 Å². The predicted octanol–water partition coefficient (Wildman–Crippen LogP) is 1.33. The fourth-order valence-electron chi connectivity index (χ4n) is 2.28. The first-order valence-electron chi connectivity index (χ1n) is 5.61. The minimum Gasteiger partial charge on any atom is -0.481 e. The fraction of sp³-hybridized carbons (Fsp3) is 0.417. The predicted molar refractivity (Wildman–Crippen MR) is 60.5 cm³/mol. The smallest absolute Gasteiger partial charge is 0.308 e. The number of rotatable bonds is 2. The minimum absolute atomic E-state index is 0.260. The number of carboxylic acids is 1. The molecule has 1 N–H and O–H groups in total. The molecule has 2 aliphatic heterocycles. The van der Waals surface area contributed by atoms with Gasteiger partial charge in [-0.25, -0.2) is 0 Å². The van der Waals surface area contributed by atoms with Gasteiger partial charge in [0.25, 0.3) is 0 Å². The first-order chi connectivity index (χ1) is 8.24. The molecule has 17 heavy (non-hydrogen) atoms. The van der Waals surface area contributed by atoms with E-state index in [9.17, 15) is 4.79 Å². The van der Waals surface area contributed by atoms with Gasteiger partial charge >= 0.3 is 5.97 Å². The zero-order valence-electron chi connectivity index (χ0n) is 9.26. The fourth-order valence-corrected chi connectivity index (χ4v) is 2.28. The van der Waals surface area contributed by atoms with Gasteiger partial charge < -0.3 is 19.5 Å². The van der Waals surface area contributed by atoms with Gasteiger partial charge in [-0.05, 0) is 18.6 Å². The molecule has 5 nitrogen and oxygen atoms in total. The third-order valence-corrected chi connectivity index (χ3v) is 3.26. The van der Waals surface area contributed by atoms with E-state index >= 15 is 0 Å². The van der Waals surface area contributed by atoms with Gasteiger partial charge in [0.05, 0.1) is 5.92 Å². The van der Waals surface area contributed by atoms with E-state index in [2.05, 4.69) is 4.90 Å². The molecule has 5 heteroatoms. The molecule has 2 aliphatic rings. The van der Waals surface area contributed by atoms with Crippen LogP contribution in [0.1, 0.15) is 6.42 Å². The number of carboxylic acid groups (broad SMARTS) is 1. The average molecular weight is 235 g/mol. The number of fused-ring (bicyclic) bond motifs is 1. The monoisotopic (exact) mass is 235 g/mol. The molecule has 0 saturated carbocycles. The van der Waals surface area contributed by atoms with E-state index in [1.54, 1.807) is 0 Å². The molecule has 0 bridgehead atoms. The van der Waals surface area contributed by atoms with E-state index in [0.29, 0.717) is 13.0 Å². The van der Waals surface area contributed by atoms with Crippen molar-refractivity contribution in [2.75, 3.05) is 24.8 Å². The normalized spacial score (nSPS) is 21.9. The lowest BCUT2D eigenvalue weighted by atomic mass is 10.1. The van der Waals surface area contributed by atoms with Crippen LogP contribution in [0.5, 0.6) is 11.5 Å². The van der Waals surface area contributed by atoms with E-state index in [1.807, 2.05) is 18.2 Å².